The van der Waals surface area contributed by atoms with Crippen molar-refractivity contribution in [2.45, 2.75) is 120 Å². The minimum atomic E-state index is -1.35. The number of esters is 6. The SMILES string of the molecule is COC(=O)c1c(CSc2ccccc2)cc(OC)cc1C(=O)O.COC(=O)c1c(CSc2ccccc2)cc(OC)cc1C(=O)OCC[Si](C)(C)C.COC(=O)c1cc(OC)cc(CSc2ccccc2)c1C(=O)O.COC(=O)c1cc(OC)cc(CSc2ccccc2)c1C(=O)OCC[Si](C)(C)C.C[Si](C)(C)CCO. The quantitative estimate of drug-likeness (QED) is 0.0153. The number of aliphatic hydroxyl groups is 1. The lowest BCUT2D eigenvalue weighted by Gasteiger charge is -2.18. The second kappa shape index (κ2) is 47.8. The first-order chi connectivity index (χ1) is 52.7. The van der Waals surface area contributed by atoms with E-state index in [1.54, 1.807) is 53.9 Å². The molecule has 0 aliphatic heterocycles. The number of thioether (sulfide) groups is 4. The van der Waals surface area contributed by atoms with E-state index in [0.717, 1.165) is 37.7 Å². The van der Waals surface area contributed by atoms with E-state index >= 15 is 0 Å². The lowest BCUT2D eigenvalue weighted by atomic mass is 10.0. The average Bonchev–Trinajstić information content (AvgIpc) is 0.816. The van der Waals surface area contributed by atoms with Gasteiger partial charge in [-0.05, 0) is 137 Å². The van der Waals surface area contributed by atoms with Gasteiger partial charge in [-0.2, -0.15) is 0 Å². The molecule has 3 N–H and O–H groups in total. The molecule has 111 heavy (non-hydrogen) atoms. The van der Waals surface area contributed by atoms with Crippen LogP contribution < -0.4 is 18.9 Å². The number of aliphatic hydroxyl groups excluding tert-OH is 1. The molecule has 0 unspecified atom stereocenters. The highest BCUT2D eigenvalue weighted by Gasteiger charge is 2.29. The van der Waals surface area contributed by atoms with Crippen molar-refractivity contribution < 1.29 is 101 Å². The Morgan fingerprint density at radius 2 is 0.559 bits per heavy atom. The molecule has 0 aliphatic carbocycles. The van der Waals surface area contributed by atoms with Crippen LogP contribution in [0.15, 0.2) is 189 Å². The minimum Gasteiger partial charge on any atom is -0.497 e. The molecule has 0 saturated carbocycles. The number of carbonyl (C=O) groups is 8. The Morgan fingerprint density at radius 3 is 0.811 bits per heavy atom. The van der Waals surface area contributed by atoms with Gasteiger partial charge in [0.15, 0.2) is 0 Å². The number of hydrogen-bond acceptors (Lipinski definition) is 23. The van der Waals surface area contributed by atoms with Gasteiger partial charge in [0.1, 0.15) is 23.0 Å². The Morgan fingerprint density at radius 1 is 0.306 bits per heavy atom. The highest BCUT2D eigenvalue weighted by atomic mass is 32.2. The van der Waals surface area contributed by atoms with Crippen molar-refractivity contribution in [1.82, 2.24) is 0 Å². The van der Waals surface area contributed by atoms with Crippen molar-refractivity contribution in [1.29, 1.82) is 0 Å². The summed E-state index contributed by atoms with van der Waals surface area (Å²) >= 11 is 6.12. The van der Waals surface area contributed by atoms with E-state index in [0.29, 0.717) is 88.1 Å². The molecule has 0 amide bonds. The van der Waals surface area contributed by atoms with Crippen molar-refractivity contribution in [3.8, 4) is 23.0 Å². The molecule has 0 spiro atoms. The van der Waals surface area contributed by atoms with E-state index in [1.807, 2.05) is 121 Å². The van der Waals surface area contributed by atoms with E-state index in [9.17, 15) is 48.6 Å². The van der Waals surface area contributed by atoms with Crippen LogP contribution in [0.4, 0.5) is 0 Å². The molecule has 28 heteroatoms. The van der Waals surface area contributed by atoms with E-state index in [-0.39, 0.29) is 44.5 Å². The van der Waals surface area contributed by atoms with Crippen LogP contribution in [0.1, 0.15) is 105 Å². The van der Waals surface area contributed by atoms with Gasteiger partial charge in [0.2, 0.25) is 0 Å². The monoisotopic (exact) mass is 1650 g/mol. The number of benzene rings is 8. The summed E-state index contributed by atoms with van der Waals surface area (Å²) in [7, 11) is 7.41. The molecule has 0 aliphatic rings. The maximum absolute atomic E-state index is 12.9. The second-order valence-electron chi connectivity index (χ2n) is 27.7. The van der Waals surface area contributed by atoms with Gasteiger partial charge in [0.25, 0.3) is 0 Å². The highest BCUT2D eigenvalue weighted by Crippen LogP contribution is 2.36. The largest absolute Gasteiger partial charge is 0.497 e. The Balaban J connectivity index is 0.000000304. The Hall–Kier alpha value is -9.27. The Kier molecular flexibility index (Phi) is 40.6. The second-order valence-corrected chi connectivity index (χ2v) is 48.8. The zero-order chi connectivity index (χ0) is 82.4. The number of hydrogen-bond donors (Lipinski definition) is 3. The molecular formula is C83H102O21S4Si3. The zero-order valence-electron chi connectivity index (χ0n) is 66.1. The topological polar surface area (TPSA) is 290 Å². The summed E-state index contributed by atoms with van der Waals surface area (Å²) in [5.74, 6) is -2.34. The fraction of sp³-hybridized carbons (Fsp3) is 0.325. The third kappa shape index (κ3) is 32.9. The normalized spacial score (nSPS) is 10.8. The predicted octanol–water partition coefficient (Wildman–Crippen LogP) is 18.8. The molecule has 596 valence electrons. The predicted molar refractivity (Wildman–Crippen MR) is 447 cm³/mol. The average molecular weight is 1650 g/mol. The van der Waals surface area contributed by atoms with Crippen molar-refractivity contribution in [2.24, 2.45) is 0 Å². The van der Waals surface area contributed by atoms with Crippen molar-refractivity contribution in [3.05, 3.63) is 237 Å². The smallest absolute Gasteiger partial charge is 0.339 e. The van der Waals surface area contributed by atoms with Crippen LogP contribution in [0.5, 0.6) is 23.0 Å². The van der Waals surface area contributed by atoms with Crippen LogP contribution in [0, 0.1) is 0 Å². The number of carboxylic acids is 2. The fourth-order valence-corrected chi connectivity index (χ4v) is 15.5. The number of methoxy groups -OCH3 is 8. The number of rotatable bonds is 32. The summed E-state index contributed by atoms with van der Waals surface area (Å²) in [6.45, 7) is 21.1. The van der Waals surface area contributed by atoms with Crippen LogP contribution in [0.2, 0.25) is 77.1 Å². The van der Waals surface area contributed by atoms with Gasteiger partial charge in [-0.3, -0.25) is 0 Å². The zero-order valence-corrected chi connectivity index (χ0v) is 72.3. The van der Waals surface area contributed by atoms with E-state index in [1.165, 1.54) is 98.6 Å². The molecule has 0 bridgehead atoms. The molecule has 0 aromatic heterocycles. The Labute approximate surface area is 671 Å². The molecule has 8 rings (SSSR count). The number of carbonyl (C=O) groups excluding carboxylic acids is 6. The first-order valence-corrected chi connectivity index (χ1v) is 50.1. The summed E-state index contributed by atoms with van der Waals surface area (Å²) < 4.78 is 51.3. The maximum atomic E-state index is 12.9. The molecular weight excluding hydrogens is 1550 g/mol. The molecule has 0 fully saturated rings. The van der Waals surface area contributed by atoms with Gasteiger partial charge in [0.05, 0.1) is 115 Å². The highest BCUT2D eigenvalue weighted by molar-refractivity contribution is 7.99. The van der Waals surface area contributed by atoms with Crippen LogP contribution in [-0.2, 0) is 51.4 Å². The summed E-state index contributed by atoms with van der Waals surface area (Å²) in [5, 5.41) is 27.3. The summed E-state index contributed by atoms with van der Waals surface area (Å²) in [4.78, 5) is 102. The van der Waals surface area contributed by atoms with E-state index in [4.69, 9.17) is 47.7 Å². The summed E-state index contributed by atoms with van der Waals surface area (Å²) in [6.07, 6.45) is 0. The van der Waals surface area contributed by atoms with E-state index < -0.39 is 72.0 Å². The molecule has 21 nitrogen and oxygen atoms in total. The van der Waals surface area contributed by atoms with Gasteiger partial charge in [-0.15, -0.1) is 47.0 Å². The molecule has 8 aromatic carbocycles. The molecule has 0 radical (unpaired) electrons. The third-order valence-electron chi connectivity index (χ3n) is 15.8. The Bertz CT molecular complexity index is 4340. The molecule has 0 heterocycles. The van der Waals surface area contributed by atoms with Gasteiger partial charge in [-0.1, -0.05) is 132 Å². The summed E-state index contributed by atoms with van der Waals surface area (Å²) in [5.41, 5.74) is 3.09. The van der Waals surface area contributed by atoms with Gasteiger partial charge in [0, 0.05) is 73.4 Å². The van der Waals surface area contributed by atoms with Crippen molar-refractivity contribution in [2.75, 3.05) is 76.7 Å². The molecule has 0 saturated heterocycles. The van der Waals surface area contributed by atoms with Gasteiger partial charge < -0.3 is 62.7 Å². The van der Waals surface area contributed by atoms with Gasteiger partial charge in [-0.25, -0.2) is 38.4 Å². The lowest BCUT2D eigenvalue weighted by Crippen LogP contribution is -2.23. The van der Waals surface area contributed by atoms with Crippen molar-refractivity contribution in [3.63, 3.8) is 0 Å². The van der Waals surface area contributed by atoms with Gasteiger partial charge >= 0.3 is 47.8 Å². The maximum Gasteiger partial charge on any atom is 0.339 e. The number of carboxylic acid groups (broad SMARTS) is 2. The first kappa shape index (κ1) is 94.1. The van der Waals surface area contributed by atoms with Crippen LogP contribution >= 0.6 is 47.0 Å². The first-order valence-electron chi connectivity index (χ1n) is 35.0. The van der Waals surface area contributed by atoms with Crippen LogP contribution in [-0.4, -0.2) is 164 Å². The number of aromatic carboxylic acids is 2. The number of ether oxygens (including phenoxy) is 10. The van der Waals surface area contributed by atoms with Crippen LogP contribution in [0.3, 0.4) is 0 Å². The van der Waals surface area contributed by atoms with Crippen molar-refractivity contribution >= 4 is 119 Å². The third-order valence-corrected chi connectivity index (χ3v) is 25.1. The van der Waals surface area contributed by atoms with Crippen LogP contribution in [0.25, 0.3) is 0 Å². The standard InChI is InChI=1S/2C22H28O5SSi.2C17H16O5S.C5H14OSi/c1-25-17-13-16(15-28-18-9-7-6-8-10-18)20(22(24)26-2)19(14-17)21(23)27-11-12-29(3,4)5;1-25-17-13-16(15-28-18-9-7-6-8-10-18)20(19(14-17)21(23)26-2)22(24)27-11-12-29(3,4)5;1-21-12-8-11(10-23-13-6-4-3-5-7-13)15(16(18)19)14(9-12)17(20)22-2;1-21-12-8-11(10-23-13-6-4-3-5-7-13)15(17(20)22-2)14(9-12)16(18)19;1-7(2,3)5-4-6/h2*6-10,13-14H,11-12,15H2,1-5H3;2*3-9H,10H2,1-2H3,(H,18,19);6H,4-5H2,1-3H3. The fourth-order valence-electron chi connectivity index (χ4n) is 9.77. The molecule has 0 atom stereocenters. The molecule has 8 aromatic rings. The summed E-state index contributed by atoms with van der Waals surface area (Å²) in [6, 6.07) is 54.3. The minimum absolute atomic E-state index is 0.0111. The lowest BCUT2D eigenvalue weighted by molar-refractivity contribution is 0.0499. The van der Waals surface area contributed by atoms with E-state index in [2.05, 4.69) is 63.7 Å².